The van der Waals surface area contributed by atoms with E-state index >= 15 is 0 Å². The molecular formula is C17H15Cl2NO2. The van der Waals surface area contributed by atoms with Gasteiger partial charge >= 0.3 is 6.09 Å². The molecule has 0 saturated carbocycles. The Bertz CT molecular complexity index is 637. The van der Waals surface area contributed by atoms with Gasteiger partial charge in [0.2, 0.25) is 0 Å². The normalized spacial score (nSPS) is 10.6. The molecule has 0 heterocycles. The molecule has 5 heteroatoms. The molecule has 3 nitrogen and oxygen atoms in total. The van der Waals surface area contributed by atoms with Crippen molar-refractivity contribution < 1.29 is 9.53 Å². The largest absolute Gasteiger partial charge is 0.445 e. The molecule has 0 unspecified atom stereocenters. The van der Waals surface area contributed by atoms with Crippen molar-refractivity contribution in [3.05, 3.63) is 75.8 Å². The van der Waals surface area contributed by atoms with Gasteiger partial charge in [-0.2, -0.15) is 0 Å². The maximum Gasteiger partial charge on any atom is 0.407 e. The Morgan fingerprint density at radius 2 is 1.77 bits per heavy atom. The smallest absolute Gasteiger partial charge is 0.407 e. The van der Waals surface area contributed by atoms with Gasteiger partial charge in [0.25, 0.3) is 0 Å². The van der Waals surface area contributed by atoms with Gasteiger partial charge in [0.15, 0.2) is 0 Å². The fourth-order valence-electron chi connectivity index (χ4n) is 1.78. The van der Waals surface area contributed by atoms with Crippen LogP contribution in [-0.2, 0) is 11.3 Å². The van der Waals surface area contributed by atoms with E-state index in [1.807, 2.05) is 36.4 Å². The van der Waals surface area contributed by atoms with Crippen molar-refractivity contribution in [3.63, 3.8) is 0 Å². The Morgan fingerprint density at radius 3 is 2.45 bits per heavy atom. The van der Waals surface area contributed by atoms with Crippen LogP contribution in [0.15, 0.2) is 54.6 Å². The molecule has 0 aliphatic carbocycles. The molecule has 0 saturated heterocycles. The molecule has 114 valence electrons. The van der Waals surface area contributed by atoms with E-state index in [1.54, 1.807) is 24.3 Å². The van der Waals surface area contributed by atoms with E-state index in [4.69, 9.17) is 27.9 Å². The van der Waals surface area contributed by atoms with Gasteiger partial charge in [-0.3, -0.25) is 0 Å². The molecule has 0 spiro atoms. The second kappa shape index (κ2) is 8.47. The minimum absolute atomic E-state index is 0.250. The van der Waals surface area contributed by atoms with Gasteiger partial charge in [0, 0.05) is 16.6 Å². The topological polar surface area (TPSA) is 38.3 Å². The van der Waals surface area contributed by atoms with Gasteiger partial charge in [-0.1, -0.05) is 65.7 Å². The van der Waals surface area contributed by atoms with E-state index < -0.39 is 6.09 Å². The zero-order chi connectivity index (χ0) is 15.8. The standard InChI is InChI=1S/C17H15Cl2NO2/c18-15-9-14(10-16(19)11-15)7-4-8-20-17(21)22-12-13-5-2-1-3-6-13/h1-7,9-11H,8,12H2,(H,20,21). The van der Waals surface area contributed by atoms with Crippen LogP contribution in [0.4, 0.5) is 4.79 Å². The van der Waals surface area contributed by atoms with E-state index in [0.29, 0.717) is 16.6 Å². The van der Waals surface area contributed by atoms with E-state index in [0.717, 1.165) is 11.1 Å². The van der Waals surface area contributed by atoms with E-state index in [9.17, 15) is 4.79 Å². The van der Waals surface area contributed by atoms with Crippen molar-refractivity contribution in [2.75, 3.05) is 6.54 Å². The van der Waals surface area contributed by atoms with Crippen molar-refractivity contribution >= 4 is 35.4 Å². The highest BCUT2D eigenvalue weighted by atomic mass is 35.5. The van der Waals surface area contributed by atoms with E-state index in [-0.39, 0.29) is 6.61 Å². The lowest BCUT2D eigenvalue weighted by atomic mass is 10.2. The van der Waals surface area contributed by atoms with Crippen molar-refractivity contribution in [2.45, 2.75) is 6.61 Å². The second-order valence-corrected chi connectivity index (χ2v) is 5.42. The monoisotopic (exact) mass is 335 g/mol. The predicted octanol–water partition coefficient (Wildman–Crippen LogP) is 4.93. The van der Waals surface area contributed by atoms with Gasteiger partial charge in [-0.15, -0.1) is 0 Å². The molecule has 2 aromatic carbocycles. The Hall–Kier alpha value is -1.97. The minimum Gasteiger partial charge on any atom is -0.445 e. The zero-order valence-electron chi connectivity index (χ0n) is 11.8. The first-order valence-electron chi connectivity index (χ1n) is 6.70. The summed E-state index contributed by atoms with van der Waals surface area (Å²) in [5.41, 5.74) is 1.82. The van der Waals surface area contributed by atoms with Crippen LogP contribution in [0.2, 0.25) is 10.0 Å². The van der Waals surface area contributed by atoms with Crippen molar-refractivity contribution in [1.29, 1.82) is 0 Å². The SMILES string of the molecule is O=C(NCC=Cc1cc(Cl)cc(Cl)c1)OCc1ccccc1. The van der Waals surface area contributed by atoms with Crippen molar-refractivity contribution in [1.82, 2.24) is 5.32 Å². The number of hydrogen-bond donors (Lipinski definition) is 1. The molecule has 2 aromatic rings. The number of hydrogen-bond acceptors (Lipinski definition) is 2. The average Bonchev–Trinajstić information content (AvgIpc) is 2.50. The summed E-state index contributed by atoms with van der Waals surface area (Å²) < 4.78 is 5.09. The van der Waals surface area contributed by atoms with Crippen LogP contribution in [-0.4, -0.2) is 12.6 Å². The summed E-state index contributed by atoms with van der Waals surface area (Å²) in [5.74, 6) is 0. The maximum absolute atomic E-state index is 11.5. The molecule has 0 bridgehead atoms. The van der Waals surface area contributed by atoms with Gasteiger partial charge in [0.1, 0.15) is 6.61 Å². The molecular weight excluding hydrogens is 321 g/mol. The Morgan fingerprint density at radius 1 is 1.09 bits per heavy atom. The van der Waals surface area contributed by atoms with Gasteiger partial charge < -0.3 is 10.1 Å². The first-order valence-corrected chi connectivity index (χ1v) is 7.46. The number of alkyl carbamates (subject to hydrolysis) is 1. The molecule has 0 radical (unpaired) electrons. The number of benzene rings is 2. The number of rotatable bonds is 5. The number of ether oxygens (including phenoxy) is 1. The minimum atomic E-state index is -0.461. The van der Waals surface area contributed by atoms with Crippen LogP contribution in [0.5, 0.6) is 0 Å². The third kappa shape index (κ3) is 5.80. The van der Waals surface area contributed by atoms with Crippen LogP contribution in [0.25, 0.3) is 6.08 Å². The van der Waals surface area contributed by atoms with Gasteiger partial charge in [-0.25, -0.2) is 4.79 Å². The molecule has 0 aromatic heterocycles. The first kappa shape index (κ1) is 16.4. The summed E-state index contributed by atoms with van der Waals surface area (Å²) in [7, 11) is 0. The number of nitrogens with one attached hydrogen (secondary N) is 1. The lowest BCUT2D eigenvalue weighted by molar-refractivity contribution is 0.141. The summed E-state index contributed by atoms with van der Waals surface area (Å²) >= 11 is 11.8. The summed E-state index contributed by atoms with van der Waals surface area (Å²) in [6.07, 6.45) is 3.17. The van der Waals surface area contributed by atoms with Gasteiger partial charge in [0.05, 0.1) is 0 Å². The van der Waals surface area contributed by atoms with E-state index in [2.05, 4.69) is 5.32 Å². The third-order valence-corrected chi connectivity index (χ3v) is 3.21. The molecule has 0 aliphatic rings. The fraction of sp³-hybridized carbons (Fsp3) is 0.118. The quantitative estimate of drug-likeness (QED) is 0.840. The van der Waals surface area contributed by atoms with Crippen LogP contribution in [0.3, 0.4) is 0 Å². The predicted molar refractivity (Wildman–Crippen MR) is 90.1 cm³/mol. The molecule has 0 atom stereocenters. The third-order valence-electron chi connectivity index (χ3n) is 2.77. The molecule has 22 heavy (non-hydrogen) atoms. The molecule has 0 aliphatic heterocycles. The summed E-state index contributed by atoms with van der Waals surface area (Å²) in [5, 5.41) is 3.78. The van der Waals surface area contributed by atoms with Crippen LogP contribution in [0, 0.1) is 0 Å². The summed E-state index contributed by atoms with van der Waals surface area (Å²) in [4.78, 5) is 11.5. The summed E-state index contributed by atoms with van der Waals surface area (Å²) in [6, 6.07) is 14.8. The second-order valence-electron chi connectivity index (χ2n) is 4.55. The number of carbonyl (C=O) groups excluding carboxylic acids is 1. The molecule has 1 N–H and O–H groups in total. The average molecular weight is 336 g/mol. The Balaban J connectivity index is 1.73. The van der Waals surface area contributed by atoms with Gasteiger partial charge in [-0.05, 0) is 29.3 Å². The maximum atomic E-state index is 11.5. The van der Waals surface area contributed by atoms with Crippen LogP contribution < -0.4 is 5.32 Å². The number of carbonyl (C=O) groups is 1. The Labute approximate surface area is 139 Å². The molecule has 1 amide bonds. The highest BCUT2D eigenvalue weighted by molar-refractivity contribution is 6.34. The number of amides is 1. The molecule has 0 fully saturated rings. The van der Waals surface area contributed by atoms with Crippen LogP contribution >= 0.6 is 23.2 Å². The van der Waals surface area contributed by atoms with E-state index in [1.165, 1.54) is 0 Å². The number of halogens is 2. The van der Waals surface area contributed by atoms with Crippen molar-refractivity contribution in [2.24, 2.45) is 0 Å². The Kier molecular flexibility index (Phi) is 6.31. The van der Waals surface area contributed by atoms with Crippen molar-refractivity contribution in [3.8, 4) is 0 Å². The van der Waals surface area contributed by atoms with Crippen LogP contribution in [0.1, 0.15) is 11.1 Å². The summed E-state index contributed by atoms with van der Waals surface area (Å²) in [6.45, 7) is 0.609. The first-order chi connectivity index (χ1) is 10.6. The highest BCUT2D eigenvalue weighted by Gasteiger charge is 2.00. The highest BCUT2D eigenvalue weighted by Crippen LogP contribution is 2.19. The molecule has 2 rings (SSSR count). The lowest BCUT2D eigenvalue weighted by Gasteiger charge is -2.05. The fourth-order valence-corrected chi connectivity index (χ4v) is 2.33. The lowest BCUT2D eigenvalue weighted by Crippen LogP contribution is -2.24. The zero-order valence-corrected chi connectivity index (χ0v) is 13.3.